The molecule has 1 atom stereocenters. The molecule has 0 aliphatic rings. The molecule has 0 amide bonds. The zero-order valence-electron chi connectivity index (χ0n) is 14.7. The zero-order valence-corrected chi connectivity index (χ0v) is 16.8. The number of esters is 2. The van der Waals surface area contributed by atoms with E-state index in [1.807, 2.05) is 21.1 Å². The van der Waals surface area contributed by atoms with E-state index in [1.165, 1.54) is 12.8 Å². The van der Waals surface area contributed by atoms with Crippen molar-refractivity contribution < 1.29 is 47.5 Å². The highest BCUT2D eigenvalue weighted by Crippen LogP contribution is 2.07. The second-order valence-corrected chi connectivity index (χ2v) is 6.48. The van der Waals surface area contributed by atoms with Crippen LogP contribution in [0.15, 0.2) is 0 Å². The van der Waals surface area contributed by atoms with Crippen LogP contribution in [0.2, 0.25) is 0 Å². The third-order valence-electron chi connectivity index (χ3n) is 3.13. The van der Waals surface area contributed by atoms with Gasteiger partial charge in [0.05, 0.1) is 21.1 Å². The molecule has 0 aromatic rings. The van der Waals surface area contributed by atoms with Crippen molar-refractivity contribution in [2.45, 2.75) is 58.5 Å². The molecule has 0 saturated heterocycles. The molecule has 0 bridgehead atoms. The van der Waals surface area contributed by atoms with Crippen molar-refractivity contribution in [1.29, 1.82) is 0 Å². The Morgan fingerprint density at radius 2 is 1.64 bits per heavy atom. The fraction of sp³-hybridized carbons (Fsp3) is 0.875. The molecular formula is C16H32INO4. The molecule has 0 spiro atoms. The fourth-order valence-corrected chi connectivity index (χ4v) is 1.71. The number of unbranched alkanes of at least 4 members (excludes halogenated alkanes) is 4. The van der Waals surface area contributed by atoms with Gasteiger partial charge < -0.3 is 37.9 Å². The van der Waals surface area contributed by atoms with Gasteiger partial charge in [-0.25, -0.2) is 4.79 Å². The summed E-state index contributed by atoms with van der Waals surface area (Å²) in [6.45, 7) is 4.77. The second-order valence-electron chi connectivity index (χ2n) is 6.48. The van der Waals surface area contributed by atoms with Gasteiger partial charge in [0.25, 0.3) is 0 Å². The molecule has 132 valence electrons. The standard InChI is InChI=1S/C16H32NO4.HI/c1-6-7-8-9-10-11-15(18)21-14(2)16(19)20-13-12-17(3,4)5;/h14H,6-13H2,1-5H3;1H/q+1;/p-1. The van der Waals surface area contributed by atoms with Crippen LogP contribution in [0.4, 0.5) is 0 Å². The van der Waals surface area contributed by atoms with Gasteiger partial charge >= 0.3 is 11.9 Å². The van der Waals surface area contributed by atoms with Crippen molar-refractivity contribution in [3.8, 4) is 0 Å². The number of likely N-dealkylation sites (N-methyl/N-ethyl adjacent to an activating group) is 1. The Kier molecular flexibility index (Phi) is 14.2. The smallest absolute Gasteiger partial charge is 0.347 e. The van der Waals surface area contributed by atoms with Crippen LogP contribution in [-0.4, -0.2) is 56.8 Å². The predicted octanol–water partition coefficient (Wildman–Crippen LogP) is -0.468. The number of ether oxygens (including phenoxy) is 2. The van der Waals surface area contributed by atoms with Crippen LogP contribution >= 0.6 is 0 Å². The van der Waals surface area contributed by atoms with Crippen molar-refractivity contribution in [2.24, 2.45) is 0 Å². The van der Waals surface area contributed by atoms with Crippen LogP contribution in [0.5, 0.6) is 0 Å². The summed E-state index contributed by atoms with van der Waals surface area (Å²) in [5, 5.41) is 0. The Balaban J connectivity index is 0. The minimum absolute atomic E-state index is 0. The molecule has 0 rings (SSSR count). The summed E-state index contributed by atoms with van der Waals surface area (Å²) in [5.41, 5.74) is 0. The van der Waals surface area contributed by atoms with Crippen LogP contribution in [0.25, 0.3) is 0 Å². The van der Waals surface area contributed by atoms with Gasteiger partial charge in [0.1, 0.15) is 13.2 Å². The highest BCUT2D eigenvalue weighted by atomic mass is 127. The number of hydrogen-bond acceptors (Lipinski definition) is 4. The Bertz CT molecular complexity index is 316. The molecule has 0 radical (unpaired) electrons. The van der Waals surface area contributed by atoms with Crippen LogP contribution < -0.4 is 24.0 Å². The quantitative estimate of drug-likeness (QED) is 0.193. The average Bonchev–Trinajstić information content (AvgIpc) is 2.36. The molecule has 0 heterocycles. The first kappa shape index (κ1) is 23.9. The normalized spacial score (nSPS) is 12.2. The van der Waals surface area contributed by atoms with E-state index >= 15 is 0 Å². The summed E-state index contributed by atoms with van der Waals surface area (Å²) in [4.78, 5) is 23.3. The van der Waals surface area contributed by atoms with Crippen molar-refractivity contribution in [3.05, 3.63) is 0 Å². The first-order valence-corrected chi connectivity index (χ1v) is 7.93. The van der Waals surface area contributed by atoms with E-state index in [9.17, 15) is 9.59 Å². The van der Waals surface area contributed by atoms with E-state index in [1.54, 1.807) is 6.92 Å². The van der Waals surface area contributed by atoms with Gasteiger partial charge in [0.2, 0.25) is 0 Å². The first-order valence-electron chi connectivity index (χ1n) is 7.93. The zero-order chi connectivity index (χ0) is 16.3. The van der Waals surface area contributed by atoms with Crippen molar-refractivity contribution in [2.75, 3.05) is 34.3 Å². The molecule has 1 unspecified atom stereocenters. The topological polar surface area (TPSA) is 52.6 Å². The molecule has 0 aliphatic heterocycles. The van der Waals surface area contributed by atoms with Crippen LogP contribution in [0.3, 0.4) is 0 Å². The van der Waals surface area contributed by atoms with E-state index in [-0.39, 0.29) is 29.9 Å². The molecule has 0 fully saturated rings. The lowest BCUT2D eigenvalue weighted by molar-refractivity contribution is -0.870. The van der Waals surface area contributed by atoms with Gasteiger partial charge in [-0.15, -0.1) is 0 Å². The number of nitrogens with zero attached hydrogens (tertiary/aromatic N) is 1. The van der Waals surface area contributed by atoms with E-state index in [0.29, 0.717) is 13.0 Å². The number of halogens is 1. The van der Waals surface area contributed by atoms with Gasteiger partial charge in [-0.3, -0.25) is 4.79 Å². The van der Waals surface area contributed by atoms with Gasteiger partial charge in [-0.1, -0.05) is 32.6 Å². The van der Waals surface area contributed by atoms with Crippen molar-refractivity contribution >= 4 is 11.9 Å². The predicted molar refractivity (Wildman–Crippen MR) is 82.8 cm³/mol. The molecule has 0 aromatic heterocycles. The monoisotopic (exact) mass is 429 g/mol. The van der Waals surface area contributed by atoms with Crippen molar-refractivity contribution in [1.82, 2.24) is 0 Å². The third kappa shape index (κ3) is 14.6. The van der Waals surface area contributed by atoms with Gasteiger partial charge in [0, 0.05) is 6.42 Å². The minimum atomic E-state index is -0.819. The first-order chi connectivity index (χ1) is 9.76. The lowest BCUT2D eigenvalue weighted by atomic mass is 10.1. The summed E-state index contributed by atoms with van der Waals surface area (Å²) in [7, 11) is 6.07. The maximum Gasteiger partial charge on any atom is 0.347 e. The Morgan fingerprint density at radius 1 is 1.05 bits per heavy atom. The fourth-order valence-electron chi connectivity index (χ4n) is 1.71. The van der Waals surface area contributed by atoms with Gasteiger partial charge in [-0.05, 0) is 13.3 Å². The molecule has 0 aliphatic carbocycles. The summed E-state index contributed by atoms with van der Waals surface area (Å²) >= 11 is 0. The van der Waals surface area contributed by atoms with Crippen LogP contribution in [0, 0.1) is 0 Å². The van der Waals surface area contributed by atoms with E-state index in [0.717, 1.165) is 30.3 Å². The number of quaternary nitrogens is 1. The Labute approximate surface area is 152 Å². The summed E-state index contributed by atoms with van der Waals surface area (Å²) in [6.07, 6.45) is 4.94. The van der Waals surface area contributed by atoms with E-state index < -0.39 is 12.1 Å². The van der Waals surface area contributed by atoms with Crippen molar-refractivity contribution in [3.63, 3.8) is 0 Å². The Morgan fingerprint density at radius 3 is 2.18 bits per heavy atom. The summed E-state index contributed by atoms with van der Waals surface area (Å²) in [6, 6.07) is 0. The van der Waals surface area contributed by atoms with E-state index in [2.05, 4.69) is 6.92 Å². The molecule has 6 heteroatoms. The average molecular weight is 429 g/mol. The molecular weight excluding hydrogens is 397 g/mol. The highest BCUT2D eigenvalue weighted by Gasteiger charge is 2.20. The summed E-state index contributed by atoms with van der Waals surface area (Å²) in [5.74, 6) is -0.787. The Hall–Kier alpha value is -0.370. The van der Waals surface area contributed by atoms with Gasteiger partial charge in [-0.2, -0.15) is 0 Å². The third-order valence-corrected chi connectivity index (χ3v) is 3.13. The molecule has 0 N–H and O–H groups in total. The van der Waals surface area contributed by atoms with Crippen LogP contribution in [0.1, 0.15) is 52.4 Å². The number of carbonyl (C=O) groups excluding carboxylic acids is 2. The maximum absolute atomic E-state index is 11.7. The largest absolute Gasteiger partial charge is 1.00 e. The molecule has 22 heavy (non-hydrogen) atoms. The van der Waals surface area contributed by atoms with Crippen LogP contribution in [-0.2, 0) is 19.1 Å². The number of carbonyl (C=O) groups is 2. The lowest BCUT2D eigenvalue weighted by Crippen LogP contribution is -3.00. The lowest BCUT2D eigenvalue weighted by Gasteiger charge is -2.23. The molecule has 0 aromatic carbocycles. The summed E-state index contributed by atoms with van der Waals surface area (Å²) < 4.78 is 10.9. The van der Waals surface area contributed by atoms with E-state index in [4.69, 9.17) is 9.47 Å². The number of rotatable bonds is 11. The second kappa shape index (κ2) is 13.1. The maximum atomic E-state index is 11.7. The molecule has 5 nitrogen and oxygen atoms in total. The molecule has 0 saturated carbocycles. The highest BCUT2D eigenvalue weighted by molar-refractivity contribution is 5.78. The van der Waals surface area contributed by atoms with Gasteiger partial charge in [0.15, 0.2) is 6.10 Å². The number of hydrogen-bond donors (Lipinski definition) is 0. The minimum Gasteiger partial charge on any atom is -1.00 e. The SMILES string of the molecule is CCCCCCCC(=O)OC(C)C(=O)OCC[N+](C)(C)C.[I-].